The van der Waals surface area contributed by atoms with Crippen molar-refractivity contribution in [2.75, 3.05) is 26.2 Å². The van der Waals surface area contributed by atoms with Gasteiger partial charge >= 0.3 is 6.61 Å². The highest BCUT2D eigenvalue weighted by molar-refractivity contribution is 6.07. The molecule has 5 rings (SSSR count). The number of aromatic amines is 1. The number of rotatable bonds is 7. The minimum atomic E-state index is -2.86. The van der Waals surface area contributed by atoms with Gasteiger partial charge in [-0.25, -0.2) is 4.98 Å². The summed E-state index contributed by atoms with van der Waals surface area (Å²) in [4.78, 5) is 20.1. The molecule has 0 radical (unpaired) electrons. The molecule has 0 saturated carbocycles. The van der Waals surface area contributed by atoms with Gasteiger partial charge in [0.15, 0.2) is 5.65 Å². The van der Waals surface area contributed by atoms with Crippen LogP contribution < -0.4 is 10.1 Å². The fourth-order valence-corrected chi connectivity index (χ4v) is 4.36. The van der Waals surface area contributed by atoms with E-state index in [1.807, 2.05) is 4.90 Å². The fraction of sp³-hybridized carbons (Fsp3) is 0.269. The summed E-state index contributed by atoms with van der Waals surface area (Å²) in [6.45, 7) is -0.185. The number of aryl methyl sites for hydroxylation is 2. The van der Waals surface area contributed by atoms with Gasteiger partial charge in [0.25, 0.3) is 5.91 Å². The van der Waals surface area contributed by atoms with Gasteiger partial charge in [-0.3, -0.25) is 9.89 Å². The maximum Gasteiger partial charge on any atom is 0.387 e. The second kappa shape index (κ2) is 10.3. The summed E-state index contributed by atoms with van der Waals surface area (Å²) in [7, 11) is 0. The summed E-state index contributed by atoms with van der Waals surface area (Å²) < 4.78 is 29.2. The quantitative estimate of drug-likeness (QED) is 0.362. The van der Waals surface area contributed by atoms with E-state index in [4.69, 9.17) is 0 Å². The first-order valence-corrected chi connectivity index (χ1v) is 11.7. The average Bonchev–Trinajstić information content (AvgIpc) is 3.31. The number of hydrogen-bond acceptors (Lipinski definition) is 6. The molecule has 186 valence electrons. The average molecular weight is 494 g/mol. The van der Waals surface area contributed by atoms with Crippen LogP contribution in [0, 0.1) is 0 Å². The largest absolute Gasteiger partial charge is 0.508 e. The van der Waals surface area contributed by atoms with Crippen molar-refractivity contribution in [2.24, 2.45) is 0 Å². The van der Waals surface area contributed by atoms with Gasteiger partial charge in [-0.05, 0) is 60.9 Å². The van der Waals surface area contributed by atoms with Crippen molar-refractivity contribution in [3.63, 3.8) is 0 Å². The van der Waals surface area contributed by atoms with E-state index in [2.05, 4.69) is 25.2 Å². The van der Waals surface area contributed by atoms with E-state index in [1.165, 1.54) is 12.1 Å². The highest BCUT2D eigenvalue weighted by atomic mass is 19.3. The first-order valence-electron chi connectivity index (χ1n) is 11.7. The van der Waals surface area contributed by atoms with Gasteiger partial charge in [0.2, 0.25) is 0 Å². The smallest absolute Gasteiger partial charge is 0.387 e. The van der Waals surface area contributed by atoms with E-state index in [1.54, 1.807) is 42.5 Å². The summed E-state index contributed by atoms with van der Waals surface area (Å²) in [5, 5.41) is 21.0. The van der Waals surface area contributed by atoms with E-state index in [-0.39, 0.29) is 17.4 Å². The van der Waals surface area contributed by atoms with Crippen molar-refractivity contribution >= 4 is 16.9 Å². The molecule has 10 heteroatoms. The van der Waals surface area contributed by atoms with Crippen molar-refractivity contribution in [3.05, 3.63) is 71.4 Å². The number of halogens is 2. The lowest BCUT2D eigenvalue weighted by Crippen LogP contribution is -2.46. The van der Waals surface area contributed by atoms with Gasteiger partial charge in [0.1, 0.15) is 11.5 Å². The number of nitrogens with one attached hydrogen (secondary N) is 2. The number of pyridine rings is 1. The topological polar surface area (TPSA) is 103 Å². The van der Waals surface area contributed by atoms with Crippen molar-refractivity contribution < 1.29 is 23.4 Å². The lowest BCUT2D eigenvalue weighted by atomic mass is 10.0. The molecule has 1 fully saturated rings. The number of fused-ring (bicyclic) bond motifs is 1. The van der Waals surface area contributed by atoms with Gasteiger partial charge in [0.05, 0.1) is 16.6 Å². The van der Waals surface area contributed by atoms with Gasteiger partial charge in [-0.2, -0.15) is 13.9 Å². The Morgan fingerprint density at radius 1 is 1.06 bits per heavy atom. The molecule has 1 amide bonds. The van der Waals surface area contributed by atoms with Crippen molar-refractivity contribution in [1.29, 1.82) is 0 Å². The molecule has 0 bridgehead atoms. The number of benzene rings is 2. The number of aromatic nitrogens is 3. The molecule has 0 spiro atoms. The first-order chi connectivity index (χ1) is 17.5. The number of carbonyl (C=O) groups excluding carboxylic acids is 1. The molecule has 8 nitrogen and oxygen atoms in total. The van der Waals surface area contributed by atoms with E-state index in [9.17, 15) is 18.7 Å². The molecule has 3 N–H and O–H groups in total. The SMILES string of the molecule is O=C(c1cc(-c2ccc(O)cc2)nc2n[nH]c(CCc3ccc(OC(F)F)cc3)c12)N1CCNCC1. The minimum Gasteiger partial charge on any atom is -0.508 e. The maximum absolute atomic E-state index is 13.6. The Hall–Kier alpha value is -4.05. The van der Waals surface area contributed by atoms with Crippen LogP contribution in [0.5, 0.6) is 11.5 Å². The number of amides is 1. The highest BCUT2D eigenvalue weighted by Gasteiger charge is 2.24. The van der Waals surface area contributed by atoms with E-state index in [0.717, 1.165) is 29.9 Å². The molecule has 2 aromatic heterocycles. The van der Waals surface area contributed by atoms with Crippen LogP contribution >= 0.6 is 0 Å². The van der Waals surface area contributed by atoms with Gasteiger partial charge in [0, 0.05) is 37.4 Å². The highest BCUT2D eigenvalue weighted by Crippen LogP contribution is 2.29. The van der Waals surface area contributed by atoms with Gasteiger partial charge in [-0.1, -0.05) is 12.1 Å². The molecule has 1 aliphatic heterocycles. The predicted molar refractivity (Wildman–Crippen MR) is 130 cm³/mol. The number of H-pyrrole nitrogens is 1. The van der Waals surface area contributed by atoms with Crippen LogP contribution in [0.2, 0.25) is 0 Å². The van der Waals surface area contributed by atoms with Crippen LogP contribution in [-0.2, 0) is 12.8 Å². The molecular weight excluding hydrogens is 468 g/mol. The monoisotopic (exact) mass is 493 g/mol. The van der Waals surface area contributed by atoms with Crippen LogP contribution in [0.4, 0.5) is 8.78 Å². The number of piperazine rings is 1. The zero-order chi connectivity index (χ0) is 25.1. The van der Waals surface area contributed by atoms with Crippen LogP contribution in [0.15, 0.2) is 54.6 Å². The van der Waals surface area contributed by atoms with Crippen molar-refractivity contribution in [2.45, 2.75) is 19.5 Å². The lowest BCUT2D eigenvalue weighted by Gasteiger charge is -2.27. The summed E-state index contributed by atoms with van der Waals surface area (Å²) in [6, 6.07) is 14.9. The normalized spacial score (nSPS) is 13.9. The molecule has 0 atom stereocenters. The Bertz CT molecular complexity index is 1350. The molecule has 0 aliphatic carbocycles. The third-order valence-electron chi connectivity index (χ3n) is 6.21. The van der Waals surface area contributed by atoms with Crippen LogP contribution in [0.3, 0.4) is 0 Å². The van der Waals surface area contributed by atoms with Crippen LogP contribution in [-0.4, -0.2) is 63.9 Å². The molecule has 36 heavy (non-hydrogen) atoms. The first kappa shape index (κ1) is 23.7. The minimum absolute atomic E-state index is 0.0833. The predicted octanol–water partition coefficient (Wildman–Crippen LogP) is 3.76. The Labute approximate surface area is 205 Å². The second-order valence-corrected chi connectivity index (χ2v) is 8.57. The Morgan fingerprint density at radius 2 is 1.78 bits per heavy atom. The summed E-state index contributed by atoms with van der Waals surface area (Å²) in [5.41, 5.74) is 4.03. The number of hydrogen-bond donors (Lipinski definition) is 3. The second-order valence-electron chi connectivity index (χ2n) is 8.57. The summed E-state index contributed by atoms with van der Waals surface area (Å²) >= 11 is 0. The van der Waals surface area contributed by atoms with Crippen LogP contribution in [0.1, 0.15) is 21.6 Å². The number of aromatic hydroxyl groups is 1. The molecule has 2 aromatic carbocycles. The third-order valence-corrected chi connectivity index (χ3v) is 6.21. The number of ether oxygens (including phenoxy) is 1. The Kier molecular flexibility index (Phi) is 6.77. The molecule has 1 saturated heterocycles. The Morgan fingerprint density at radius 3 is 2.47 bits per heavy atom. The van der Waals surface area contributed by atoms with Crippen molar-refractivity contribution in [3.8, 4) is 22.8 Å². The van der Waals surface area contributed by atoms with E-state index < -0.39 is 6.61 Å². The number of alkyl halides is 2. The van der Waals surface area contributed by atoms with E-state index in [0.29, 0.717) is 48.2 Å². The van der Waals surface area contributed by atoms with E-state index >= 15 is 0 Å². The molecule has 4 aromatic rings. The van der Waals surface area contributed by atoms with Crippen molar-refractivity contribution in [1.82, 2.24) is 25.4 Å². The number of nitrogens with zero attached hydrogens (tertiary/aromatic N) is 3. The standard InChI is InChI=1S/C26H25F2N5O3/c27-26(28)36-19-8-1-16(2-9-19)3-10-21-23-20(25(35)33-13-11-29-12-14-33)15-22(30-24(23)32-31-21)17-4-6-18(34)7-5-17/h1-2,4-9,15,26,29,34H,3,10-14H2,(H,30,31,32). The zero-order valence-electron chi connectivity index (χ0n) is 19.4. The molecule has 3 heterocycles. The zero-order valence-corrected chi connectivity index (χ0v) is 19.4. The maximum atomic E-state index is 13.6. The number of carbonyl (C=O) groups is 1. The molecule has 1 aliphatic rings. The van der Waals surface area contributed by atoms with Gasteiger partial charge < -0.3 is 20.1 Å². The number of phenols is 1. The summed E-state index contributed by atoms with van der Waals surface area (Å²) in [5.74, 6) is 0.170. The third kappa shape index (κ3) is 5.13. The van der Waals surface area contributed by atoms with Gasteiger partial charge in [-0.15, -0.1) is 0 Å². The number of phenolic OH excluding ortho intramolecular Hbond substituents is 1. The van der Waals surface area contributed by atoms with Crippen LogP contribution in [0.25, 0.3) is 22.3 Å². The summed E-state index contributed by atoms with van der Waals surface area (Å²) in [6.07, 6.45) is 1.15. The fourth-order valence-electron chi connectivity index (χ4n) is 4.36. The molecule has 0 unspecified atom stereocenters. The molecular formula is C26H25F2N5O3. The Balaban J connectivity index is 1.48. The lowest BCUT2D eigenvalue weighted by molar-refractivity contribution is -0.0498.